The van der Waals surface area contributed by atoms with Gasteiger partial charge in [0.1, 0.15) is 17.3 Å². The Labute approximate surface area is 219 Å². The Bertz CT molecular complexity index is 1160. The van der Waals surface area contributed by atoms with Gasteiger partial charge in [0.2, 0.25) is 0 Å². The molecule has 6 heteroatoms. The highest BCUT2D eigenvalue weighted by Gasteiger charge is 2.36. The van der Waals surface area contributed by atoms with E-state index in [4.69, 9.17) is 9.47 Å². The molecule has 1 fully saturated rings. The van der Waals surface area contributed by atoms with Gasteiger partial charge in [-0.1, -0.05) is 56.3 Å². The van der Waals surface area contributed by atoms with Crippen LogP contribution in [-0.2, 0) is 6.54 Å². The van der Waals surface area contributed by atoms with E-state index in [2.05, 4.69) is 43.0 Å². The minimum atomic E-state index is -0.471. The van der Waals surface area contributed by atoms with Gasteiger partial charge in [0, 0.05) is 44.7 Å². The lowest BCUT2D eigenvalue weighted by Gasteiger charge is -2.30. The first-order chi connectivity index (χ1) is 17.9. The normalized spacial score (nSPS) is 17.7. The van der Waals surface area contributed by atoms with E-state index in [9.17, 15) is 9.18 Å². The lowest BCUT2D eigenvalue weighted by molar-refractivity contribution is 0.0698. The van der Waals surface area contributed by atoms with Gasteiger partial charge in [0.05, 0.1) is 19.8 Å². The van der Waals surface area contributed by atoms with Gasteiger partial charge in [-0.05, 0) is 47.2 Å². The Kier molecular flexibility index (Phi) is 8.82. The van der Waals surface area contributed by atoms with Crippen LogP contribution < -0.4 is 9.47 Å². The van der Waals surface area contributed by atoms with E-state index in [1.807, 2.05) is 29.2 Å². The number of ether oxygens (including phenoxy) is 2. The van der Waals surface area contributed by atoms with Crippen molar-refractivity contribution in [2.24, 2.45) is 11.8 Å². The van der Waals surface area contributed by atoms with Crippen LogP contribution in [0.15, 0.2) is 72.8 Å². The molecule has 4 rings (SSSR count). The van der Waals surface area contributed by atoms with Gasteiger partial charge < -0.3 is 14.4 Å². The number of amides is 1. The number of halogens is 1. The number of hydrogen-bond donors (Lipinski definition) is 0. The van der Waals surface area contributed by atoms with Crippen molar-refractivity contribution in [2.75, 3.05) is 40.4 Å². The van der Waals surface area contributed by atoms with Gasteiger partial charge in [0.25, 0.3) is 5.91 Å². The molecule has 0 saturated carbocycles. The van der Waals surface area contributed by atoms with Crippen molar-refractivity contribution in [3.8, 4) is 11.5 Å². The molecule has 1 saturated heterocycles. The number of hydrogen-bond acceptors (Lipinski definition) is 4. The predicted octanol–water partition coefficient (Wildman–Crippen LogP) is 5.86. The minimum absolute atomic E-state index is 0.137. The second kappa shape index (κ2) is 12.2. The van der Waals surface area contributed by atoms with E-state index in [-0.39, 0.29) is 29.2 Å². The molecule has 5 nitrogen and oxygen atoms in total. The third kappa shape index (κ3) is 6.69. The number of nitrogens with zero attached hydrogens (tertiary/aromatic N) is 2. The summed E-state index contributed by atoms with van der Waals surface area (Å²) in [4.78, 5) is 17.8. The average molecular weight is 505 g/mol. The highest BCUT2D eigenvalue weighted by molar-refractivity contribution is 5.94. The summed E-state index contributed by atoms with van der Waals surface area (Å²) in [5, 5.41) is 0. The van der Waals surface area contributed by atoms with Crippen molar-refractivity contribution < 1.29 is 18.7 Å². The molecule has 196 valence electrons. The lowest BCUT2D eigenvalue weighted by Crippen LogP contribution is -2.40. The molecule has 0 bridgehead atoms. The summed E-state index contributed by atoms with van der Waals surface area (Å²) in [5.41, 5.74) is 2.52. The summed E-state index contributed by atoms with van der Waals surface area (Å²) in [6, 6.07) is 22.7. The van der Waals surface area contributed by atoms with Crippen LogP contribution in [0.4, 0.5) is 4.39 Å². The average Bonchev–Trinajstić information content (AvgIpc) is 3.30. The molecule has 0 aromatic heterocycles. The lowest BCUT2D eigenvalue weighted by atomic mass is 9.88. The van der Waals surface area contributed by atoms with Gasteiger partial charge >= 0.3 is 0 Å². The molecule has 3 aromatic rings. The fourth-order valence-corrected chi connectivity index (χ4v) is 5.34. The van der Waals surface area contributed by atoms with Crippen LogP contribution in [0.2, 0.25) is 0 Å². The smallest absolute Gasteiger partial charge is 0.256 e. The van der Waals surface area contributed by atoms with E-state index in [1.165, 1.54) is 11.6 Å². The zero-order valence-electron chi connectivity index (χ0n) is 22.2. The molecule has 2 unspecified atom stereocenters. The minimum Gasteiger partial charge on any atom is -0.497 e. The molecule has 2 atom stereocenters. The van der Waals surface area contributed by atoms with Gasteiger partial charge in [-0.2, -0.15) is 0 Å². The molecule has 1 aliphatic rings. The van der Waals surface area contributed by atoms with E-state index >= 15 is 0 Å². The first kappa shape index (κ1) is 26.7. The zero-order valence-corrected chi connectivity index (χ0v) is 22.2. The van der Waals surface area contributed by atoms with E-state index in [0.29, 0.717) is 13.1 Å². The SMILES string of the molecule is COc1cc(CN2CC(CN(CC(C)C)C(=O)c3ccccc3F)C(c3ccccc3)C2)cc(OC)c1. The van der Waals surface area contributed by atoms with Crippen LogP contribution in [0, 0.1) is 17.7 Å². The van der Waals surface area contributed by atoms with Crippen molar-refractivity contribution in [1.82, 2.24) is 9.80 Å². The molecule has 0 aliphatic carbocycles. The number of likely N-dealkylation sites (tertiary alicyclic amines) is 1. The van der Waals surface area contributed by atoms with Gasteiger partial charge in [-0.15, -0.1) is 0 Å². The fraction of sp³-hybridized carbons (Fsp3) is 0.387. The Hall–Kier alpha value is -3.38. The molecule has 1 aliphatic heterocycles. The largest absolute Gasteiger partial charge is 0.497 e. The fourth-order valence-electron chi connectivity index (χ4n) is 5.34. The molecule has 1 amide bonds. The van der Waals surface area contributed by atoms with Crippen molar-refractivity contribution in [2.45, 2.75) is 26.3 Å². The summed E-state index contributed by atoms with van der Waals surface area (Å²) < 4.78 is 25.5. The van der Waals surface area contributed by atoms with Gasteiger partial charge in [0.15, 0.2) is 0 Å². The Morgan fingerprint density at radius 1 is 0.973 bits per heavy atom. The van der Waals surface area contributed by atoms with Crippen molar-refractivity contribution in [1.29, 1.82) is 0 Å². The highest BCUT2D eigenvalue weighted by atomic mass is 19.1. The van der Waals surface area contributed by atoms with E-state index in [1.54, 1.807) is 32.4 Å². The maximum atomic E-state index is 14.5. The molecular formula is C31H37FN2O3. The number of benzene rings is 3. The molecular weight excluding hydrogens is 467 g/mol. The monoisotopic (exact) mass is 504 g/mol. The zero-order chi connectivity index (χ0) is 26.4. The first-order valence-electron chi connectivity index (χ1n) is 12.9. The van der Waals surface area contributed by atoms with Crippen LogP contribution in [0.3, 0.4) is 0 Å². The molecule has 0 N–H and O–H groups in total. The first-order valence-corrected chi connectivity index (χ1v) is 12.9. The van der Waals surface area contributed by atoms with Crippen molar-refractivity contribution >= 4 is 5.91 Å². The number of carbonyl (C=O) groups excluding carboxylic acids is 1. The van der Waals surface area contributed by atoms with Crippen LogP contribution in [0.5, 0.6) is 11.5 Å². The number of rotatable bonds is 10. The summed E-state index contributed by atoms with van der Waals surface area (Å²) >= 11 is 0. The summed E-state index contributed by atoms with van der Waals surface area (Å²) in [6.45, 7) is 7.79. The molecule has 37 heavy (non-hydrogen) atoms. The Balaban J connectivity index is 1.59. The van der Waals surface area contributed by atoms with Gasteiger partial charge in [-0.25, -0.2) is 4.39 Å². The molecule has 0 radical (unpaired) electrons. The number of methoxy groups -OCH3 is 2. The Morgan fingerprint density at radius 3 is 2.24 bits per heavy atom. The quantitative estimate of drug-likeness (QED) is 0.347. The van der Waals surface area contributed by atoms with E-state index < -0.39 is 5.82 Å². The summed E-state index contributed by atoms with van der Waals surface area (Å²) in [7, 11) is 3.32. The third-order valence-electron chi connectivity index (χ3n) is 6.99. The summed E-state index contributed by atoms with van der Waals surface area (Å²) in [6.07, 6.45) is 0. The highest BCUT2D eigenvalue weighted by Crippen LogP contribution is 2.35. The maximum absolute atomic E-state index is 14.5. The van der Waals surface area contributed by atoms with Crippen LogP contribution in [0.1, 0.15) is 41.3 Å². The van der Waals surface area contributed by atoms with Crippen molar-refractivity contribution in [3.05, 3.63) is 95.3 Å². The topological polar surface area (TPSA) is 42.0 Å². The molecule has 1 heterocycles. The van der Waals surface area contributed by atoms with Crippen LogP contribution in [0.25, 0.3) is 0 Å². The molecule has 3 aromatic carbocycles. The van der Waals surface area contributed by atoms with E-state index in [0.717, 1.165) is 36.7 Å². The van der Waals surface area contributed by atoms with Crippen LogP contribution in [-0.4, -0.2) is 56.1 Å². The third-order valence-corrected chi connectivity index (χ3v) is 6.99. The summed E-state index contributed by atoms with van der Waals surface area (Å²) in [5.74, 6) is 1.57. The van der Waals surface area contributed by atoms with Crippen LogP contribution >= 0.6 is 0 Å². The standard InChI is InChI=1S/C31H37FN2O3/c1-22(2)17-34(31(35)28-12-8-9-13-30(28)32)20-25-19-33(21-29(25)24-10-6-5-7-11-24)18-23-14-26(36-3)16-27(15-23)37-4/h5-16,22,25,29H,17-21H2,1-4H3. The predicted molar refractivity (Wildman–Crippen MR) is 145 cm³/mol. The van der Waals surface area contributed by atoms with Gasteiger partial charge in [-0.3, -0.25) is 9.69 Å². The number of carbonyl (C=O) groups is 1. The second-order valence-corrected chi connectivity index (χ2v) is 10.3. The maximum Gasteiger partial charge on any atom is 0.256 e. The Morgan fingerprint density at radius 2 is 1.62 bits per heavy atom. The molecule has 0 spiro atoms. The second-order valence-electron chi connectivity index (χ2n) is 10.3. The van der Waals surface area contributed by atoms with Crippen molar-refractivity contribution in [3.63, 3.8) is 0 Å².